The SMILES string of the molecule is COc1ncccc1C(=O)N1CC2(C[C@H](Oc3ccccn3)CCO2)C1. The second kappa shape index (κ2) is 6.92. The molecular weight excluding hydrogens is 334 g/mol. The van der Waals surface area contributed by atoms with Crippen LogP contribution in [0.4, 0.5) is 0 Å². The van der Waals surface area contributed by atoms with Crippen LogP contribution in [0.2, 0.25) is 0 Å². The van der Waals surface area contributed by atoms with Gasteiger partial charge >= 0.3 is 0 Å². The van der Waals surface area contributed by atoms with E-state index in [1.165, 1.54) is 7.11 Å². The number of aromatic nitrogens is 2. The Balaban J connectivity index is 1.39. The van der Waals surface area contributed by atoms with Crippen LogP contribution in [0, 0.1) is 0 Å². The summed E-state index contributed by atoms with van der Waals surface area (Å²) in [5.74, 6) is 0.887. The molecule has 4 rings (SSSR count). The molecule has 0 aromatic carbocycles. The van der Waals surface area contributed by atoms with Crippen molar-refractivity contribution in [2.45, 2.75) is 24.5 Å². The molecule has 26 heavy (non-hydrogen) atoms. The van der Waals surface area contributed by atoms with Crippen molar-refractivity contribution in [2.75, 3.05) is 26.8 Å². The van der Waals surface area contributed by atoms with Crippen LogP contribution in [-0.2, 0) is 4.74 Å². The molecule has 2 saturated heterocycles. The van der Waals surface area contributed by atoms with Gasteiger partial charge in [-0.15, -0.1) is 0 Å². The summed E-state index contributed by atoms with van der Waals surface area (Å²) in [6, 6.07) is 9.09. The van der Waals surface area contributed by atoms with Crippen molar-refractivity contribution in [1.82, 2.24) is 14.9 Å². The average molecular weight is 355 g/mol. The standard InChI is InChI=1S/C19H21N3O4/c1-24-17-15(5-4-9-21-17)18(23)22-12-19(13-22)11-14(7-10-25-19)26-16-6-2-3-8-20-16/h2-6,8-9,14H,7,10-13H2,1H3/t14-/m1/s1. The fraction of sp³-hybridized carbons (Fsp3) is 0.421. The third-order valence-corrected chi connectivity index (χ3v) is 4.81. The molecule has 1 atom stereocenters. The minimum absolute atomic E-state index is 0.0452. The van der Waals surface area contributed by atoms with Crippen molar-refractivity contribution in [1.29, 1.82) is 0 Å². The normalized spacial score (nSPS) is 21.1. The predicted octanol–water partition coefficient (Wildman–Crippen LogP) is 1.94. The molecule has 2 aliphatic rings. The molecule has 1 amide bonds. The zero-order valence-corrected chi connectivity index (χ0v) is 14.6. The number of nitrogens with zero attached hydrogens (tertiary/aromatic N) is 3. The molecule has 0 aliphatic carbocycles. The Morgan fingerprint density at radius 2 is 2.08 bits per heavy atom. The number of carbonyl (C=O) groups excluding carboxylic acids is 1. The molecule has 0 unspecified atom stereocenters. The van der Waals surface area contributed by atoms with E-state index in [1.807, 2.05) is 18.2 Å². The molecule has 2 fully saturated rings. The van der Waals surface area contributed by atoms with Crippen molar-refractivity contribution in [3.63, 3.8) is 0 Å². The van der Waals surface area contributed by atoms with Crippen LogP contribution in [0.3, 0.4) is 0 Å². The summed E-state index contributed by atoms with van der Waals surface area (Å²) < 4.78 is 17.2. The minimum atomic E-state index is -0.331. The maximum Gasteiger partial charge on any atom is 0.259 e. The van der Waals surface area contributed by atoms with Gasteiger partial charge in [0, 0.05) is 31.3 Å². The molecule has 2 aliphatic heterocycles. The van der Waals surface area contributed by atoms with Crippen molar-refractivity contribution in [3.05, 3.63) is 48.3 Å². The first kappa shape index (κ1) is 16.8. The Labute approximate surface area is 151 Å². The summed E-state index contributed by atoms with van der Waals surface area (Å²) in [7, 11) is 1.51. The van der Waals surface area contributed by atoms with Gasteiger partial charge in [-0.05, 0) is 18.2 Å². The molecule has 0 radical (unpaired) electrons. The van der Waals surface area contributed by atoms with Gasteiger partial charge in [0.05, 0.1) is 26.8 Å². The lowest BCUT2D eigenvalue weighted by Crippen LogP contribution is -2.67. The van der Waals surface area contributed by atoms with Crippen LogP contribution in [0.1, 0.15) is 23.2 Å². The largest absolute Gasteiger partial charge is 0.480 e. The van der Waals surface area contributed by atoms with E-state index in [4.69, 9.17) is 14.2 Å². The van der Waals surface area contributed by atoms with Crippen molar-refractivity contribution >= 4 is 5.91 Å². The van der Waals surface area contributed by atoms with E-state index in [0.717, 1.165) is 12.8 Å². The molecular formula is C19H21N3O4. The van der Waals surface area contributed by atoms with Crippen LogP contribution in [0.5, 0.6) is 11.8 Å². The predicted molar refractivity (Wildman–Crippen MR) is 93.3 cm³/mol. The highest BCUT2D eigenvalue weighted by molar-refractivity contribution is 5.97. The van der Waals surface area contributed by atoms with E-state index in [9.17, 15) is 4.79 Å². The van der Waals surface area contributed by atoms with Gasteiger partial charge in [-0.25, -0.2) is 9.97 Å². The highest BCUT2D eigenvalue weighted by Gasteiger charge is 2.50. The second-order valence-electron chi connectivity index (χ2n) is 6.65. The molecule has 2 aromatic rings. The molecule has 136 valence electrons. The van der Waals surface area contributed by atoms with Crippen LogP contribution in [0.25, 0.3) is 0 Å². The van der Waals surface area contributed by atoms with Crippen LogP contribution >= 0.6 is 0 Å². The van der Waals surface area contributed by atoms with E-state index in [0.29, 0.717) is 37.0 Å². The van der Waals surface area contributed by atoms with Gasteiger partial charge in [-0.1, -0.05) is 6.07 Å². The third kappa shape index (κ3) is 3.22. The summed E-state index contributed by atoms with van der Waals surface area (Å²) in [5, 5.41) is 0. The molecule has 4 heterocycles. The number of amides is 1. The van der Waals surface area contributed by atoms with Crippen LogP contribution in [-0.4, -0.2) is 59.3 Å². The maximum absolute atomic E-state index is 12.7. The summed E-state index contributed by atoms with van der Waals surface area (Å²) in [5.41, 5.74) is 0.143. The number of likely N-dealkylation sites (tertiary alicyclic amines) is 1. The Kier molecular flexibility index (Phi) is 4.46. The summed E-state index contributed by atoms with van der Waals surface area (Å²) in [4.78, 5) is 22.8. The minimum Gasteiger partial charge on any atom is -0.480 e. The Morgan fingerprint density at radius 3 is 2.85 bits per heavy atom. The van der Waals surface area contributed by atoms with Crippen molar-refractivity contribution in [3.8, 4) is 11.8 Å². The third-order valence-electron chi connectivity index (χ3n) is 4.81. The van der Waals surface area contributed by atoms with E-state index >= 15 is 0 Å². The maximum atomic E-state index is 12.7. The molecule has 2 aromatic heterocycles. The van der Waals surface area contributed by atoms with Gasteiger partial charge in [0.1, 0.15) is 17.3 Å². The first-order chi connectivity index (χ1) is 12.7. The van der Waals surface area contributed by atoms with Crippen molar-refractivity contribution in [2.24, 2.45) is 0 Å². The summed E-state index contributed by atoms with van der Waals surface area (Å²) >= 11 is 0. The summed E-state index contributed by atoms with van der Waals surface area (Å²) in [6.45, 7) is 1.72. The monoisotopic (exact) mass is 355 g/mol. The van der Waals surface area contributed by atoms with E-state index in [-0.39, 0.29) is 17.6 Å². The zero-order valence-electron chi connectivity index (χ0n) is 14.6. The molecule has 1 spiro atoms. The Hall–Kier alpha value is -2.67. The quantitative estimate of drug-likeness (QED) is 0.834. The number of carbonyl (C=O) groups is 1. The highest BCUT2D eigenvalue weighted by atomic mass is 16.5. The lowest BCUT2D eigenvalue weighted by molar-refractivity contribution is -0.174. The van der Waals surface area contributed by atoms with Gasteiger partial charge in [0.15, 0.2) is 0 Å². The topological polar surface area (TPSA) is 73.8 Å². The molecule has 0 bridgehead atoms. The highest BCUT2D eigenvalue weighted by Crippen LogP contribution is 2.36. The van der Waals surface area contributed by atoms with Crippen molar-refractivity contribution < 1.29 is 19.0 Å². The molecule has 7 nitrogen and oxygen atoms in total. The van der Waals surface area contributed by atoms with E-state index in [1.54, 1.807) is 29.4 Å². The van der Waals surface area contributed by atoms with Crippen LogP contribution in [0.15, 0.2) is 42.7 Å². The Bertz CT molecular complexity index is 777. The fourth-order valence-corrected chi connectivity index (χ4v) is 3.57. The van der Waals surface area contributed by atoms with Gasteiger partial charge < -0.3 is 19.1 Å². The molecule has 7 heteroatoms. The first-order valence-corrected chi connectivity index (χ1v) is 8.69. The number of hydrogen-bond donors (Lipinski definition) is 0. The molecule has 0 saturated carbocycles. The zero-order chi connectivity index (χ0) is 18.0. The van der Waals surface area contributed by atoms with Crippen LogP contribution < -0.4 is 9.47 Å². The number of rotatable bonds is 4. The smallest absolute Gasteiger partial charge is 0.259 e. The summed E-state index contributed by atoms with van der Waals surface area (Å²) in [6.07, 6.45) is 4.94. The fourth-order valence-electron chi connectivity index (χ4n) is 3.57. The second-order valence-corrected chi connectivity index (χ2v) is 6.65. The van der Waals surface area contributed by atoms with Gasteiger partial charge in [0.2, 0.25) is 11.8 Å². The van der Waals surface area contributed by atoms with Gasteiger partial charge in [-0.3, -0.25) is 4.79 Å². The lowest BCUT2D eigenvalue weighted by Gasteiger charge is -2.52. The number of hydrogen-bond acceptors (Lipinski definition) is 6. The lowest BCUT2D eigenvalue weighted by atomic mass is 9.84. The Morgan fingerprint density at radius 1 is 1.23 bits per heavy atom. The first-order valence-electron chi connectivity index (χ1n) is 8.69. The number of pyridine rings is 2. The van der Waals surface area contributed by atoms with E-state index in [2.05, 4.69) is 9.97 Å². The van der Waals surface area contributed by atoms with E-state index < -0.39 is 0 Å². The number of methoxy groups -OCH3 is 1. The molecule has 0 N–H and O–H groups in total. The number of ether oxygens (including phenoxy) is 3. The van der Waals surface area contributed by atoms with Gasteiger partial charge in [0.25, 0.3) is 5.91 Å². The average Bonchev–Trinajstić information content (AvgIpc) is 2.66. The van der Waals surface area contributed by atoms with Gasteiger partial charge in [-0.2, -0.15) is 0 Å².